The first-order valence-electron chi connectivity index (χ1n) is 6.74. The van der Waals surface area contributed by atoms with Crippen LogP contribution in [0.4, 0.5) is 0 Å². The van der Waals surface area contributed by atoms with Crippen molar-refractivity contribution < 1.29 is 14.3 Å². The molecular formula is C16H18O3Se. The second-order valence-corrected chi connectivity index (χ2v) is 7.50. The van der Waals surface area contributed by atoms with Gasteiger partial charge in [0.05, 0.1) is 0 Å². The van der Waals surface area contributed by atoms with Gasteiger partial charge in [-0.3, -0.25) is 0 Å². The molecule has 0 spiro atoms. The standard InChI is InChI=1S/C16H18O3Se/c1-12-7-5-6-8-13(17)11-15(16(18)19-12)20-14-9-3-2-4-10-14/h2-6,9-10,12,15H,7-8,11H2,1H3. The number of rotatable bonds is 2. The van der Waals surface area contributed by atoms with Crippen LogP contribution in [0.1, 0.15) is 26.2 Å². The van der Waals surface area contributed by atoms with E-state index in [-0.39, 0.29) is 44.1 Å². The van der Waals surface area contributed by atoms with Gasteiger partial charge in [-0.2, -0.15) is 0 Å². The fourth-order valence-corrected chi connectivity index (χ4v) is 4.18. The molecule has 0 radical (unpaired) electrons. The van der Waals surface area contributed by atoms with E-state index in [0.717, 1.165) is 4.46 Å². The van der Waals surface area contributed by atoms with Gasteiger partial charge < -0.3 is 0 Å². The fraction of sp³-hybridized carbons (Fsp3) is 0.375. The average molecular weight is 337 g/mol. The molecule has 3 nitrogen and oxygen atoms in total. The Morgan fingerprint density at radius 1 is 1.15 bits per heavy atom. The van der Waals surface area contributed by atoms with Crippen LogP contribution >= 0.6 is 0 Å². The number of hydrogen-bond donors (Lipinski definition) is 0. The van der Waals surface area contributed by atoms with Gasteiger partial charge in [0, 0.05) is 0 Å². The summed E-state index contributed by atoms with van der Waals surface area (Å²) < 4.78 is 6.55. The van der Waals surface area contributed by atoms with Crippen molar-refractivity contribution in [3.8, 4) is 0 Å². The molecule has 106 valence electrons. The van der Waals surface area contributed by atoms with E-state index in [1.165, 1.54) is 0 Å². The number of esters is 1. The zero-order valence-corrected chi connectivity index (χ0v) is 13.2. The number of carbonyl (C=O) groups excluding carboxylic acids is 2. The number of carbonyl (C=O) groups is 2. The van der Waals surface area contributed by atoms with Gasteiger partial charge in [-0.25, -0.2) is 0 Å². The Labute approximate surface area is 125 Å². The Morgan fingerprint density at radius 2 is 1.90 bits per heavy atom. The first-order chi connectivity index (χ1) is 9.65. The summed E-state index contributed by atoms with van der Waals surface area (Å²) >= 11 is -0.0728. The number of allylic oxidation sites excluding steroid dienone is 1. The summed E-state index contributed by atoms with van der Waals surface area (Å²) in [6.07, 6.45) is 5.04. The molecule has 0 fully saturated rings. The second kappa shape index (κ2) is 7.41. The van der Waals surface area contributed by atoms with E-state index < -0.39 is 0 Å². The Balaban J connectivity index is 2.12. The molecule has 2 rings (SSSR count). The molecule has 1 heterocycles. The number of hydrogen-bond acceptors (Lipinski definition) is 3. The Bertz CT molecular complexity index is 496. The summed E-state index contributed by atoms with van der Waals surface area (Å²) in [5, 5.41) is 0. The molecule has 0 amide bonds. The molecule has 0 aromatic heterocycles. The predicted molar refractivity (Wildman–Crippen MR) is 79.1 cm³/mol. The topological polar surface area (TPSA) is 43.4 Å². The van der Waals surface area contributed by atoms with Crippen LogP contribution in [-0.2, 0) is 14.3 Å². The van der Waals surface area contributed by atoms with Crippen LogP contribution in [0.2, 0.25) is 4.82 Å². The first kappa shape index (κ1) is 15.0. The van der Waals surface area contributed by atoms with Crippen molar-refractivity contribution in [1.29, 1.82) is 0 Å². The van der Waals surface area contributed by atoms with Crippen LogP contribution in [0.5, 0.6) is 0 Å². The van der Waals surface area contributed by atoms with E-state index in [2.05, 4.69) is 0 Å². The Hall–Kier alpha value is -1.38. The molecule has 20 heavy (non-hydrogen) atoms. The normalized spacial score (nSPS) is 24.2. The van der Waals surface area contributed by atoms with E-state index in [0.29, 0.717) is 12.8 Å². The van der Waals surface area contributed by atoms with Gasteiger partial charge in [0.15, 0.2) is 0 Å². The predicted octanol–water partition coefficient (Wildman–Crippen LogP) is 2.05. The van der Waals surface area contributed by atoms with Crippen LogP contribution in [0.15, 0.2) is 42.5 Å². The average Bonchev–Trinajstić information content (AvgIpc) is 2.43. The molecule has 2 atom stereocenters. The number of cyclic esters (lactones) is 1. The molecular weight excluding hydrogens is 319 g/mol. The molecule has 4 heteroatoms. The zero-order chi connectivity index (χ0) is 14.4. The minimum absolute atomic E-state index is 0.0728. The van der Waals surface area contributed by atoms with Gasteiger partial charge >= 0.3 is 125 Å². The molecule has 2 unspecified atom stereocenters. The maximum atomic E-state index is 12.2. The molecule has 1 aromatic carbocycles. The zero-order valence-electron chi connectivity index (χ0n) is 11.5. The molecule has 1 aromatic rings. The summed E-state index contributed by atoms with van der Waals surface area (Å²) in [5.74, 6) is -0.124. The van der Waals surface area contributed by atoms with E-state index in [1.54, 1.807) is 0 Å². The van der Waals surface area contributed by atoms with Crippen molar-refractivity contribution in [3.05, 3.63) is 42.5 Å². The molecule has 0 N–H and O–H groups in total. The van der Waals surface area contributed by atoms with Crippen molar-refractivity contribution in [2.75, 3.05) is 0 Å². The van der Waals surface area contributed by atoms with Crippen molar-refractivity contribution in [1.82, 2.24) is 0 Å². The van der Waals surface area contributed by atoms with E-state index in [4.69, 9.17) is 4.74 Å². The van der Waals surface area contributed by atoms with Crippen molar-refractivity contribution in [3.63, 3.8) is 0 Å². The van der Waals surface area contributed by atoms with E-state index in [9.17, 15) is 9.59 Å². The van der Waals surface area contributed by atoms with E-state index >= 15 is 0 Å². The number of ketones is 1. The monoisotopic (exact) mass is 338 g/mol. The quantitative estimate of drug-likeness (QED) is 0.471. The second-order valence-electron chi connectivity index (χ2n) is 4.82. The Morgan fingerprint density at radius 3 is 2.65 bits per heavy atom. The van der Waals surface area contributed by atoms with E-state index in [1.807, 2.05) is 49.4 Å². The van der Waals surface area contributed by atoms with Crippen LogP contribution in [0.3, 0.4) is 0 Å². The van der Waals surface area contributed by atoms with Gasteiger partial charge in [0.1, 0.15) is 0 Å². The summed E-state index contributed by atoms with van der Waals surface area (Å²) in [5.41, 5.74) is 0. The Kier molecular flexibility index (Phi) is 5.57. The molecule has 1 aliphatic rings. The molecule has 1 aliphatic heterocycles. The number of Topliss-reactive ketones (excluding diaryl/α,β-unsaturated/α-hetero) is 1. The van der Waals surface area contributed by atoms with Gasteiger partial charge in [0.25, 0.3) is 0 Å². The SMILES string of the molecule is CC1CC=CCC(=O)CC([Se]c2ccccc2)C(=O)O1. The molecule has 0 saturated heterocycles. The van der Waals surface area contributed by atoms with Crippen molar-refractivity contribution in [2.45, 2.75) is 37.1 Å². The summed E-state index contributed by atoms with van der Waals surface area (Å²) in [6, 6.07) is 9.86. The molecule has 0 aliphatic carbocycles. The summed E-state index contributed by atoms with van der Waals surface area (Å²) in [6.45, 7) is 1.89. The third-order valence-electron chi connectivity index (χ3n) is 3.00. The number of ether oxygens (including phenoxy) is 1. The fourth-order valence-electron chi connectivity index (χ4n) is 1.95. The third-order valence-corrected chi connectivity index (χ3v) is 5.49. The number of benzene rings is 1. The van der Waals surface area contributed by atoms with Gasteiger partial charge in [-0.15, -0.1) is 0 Å². The van der Waals surface area contributed by atoms with Crippen molar-refractivity contribution >= 4 is 31.2 Å². The molecule has 0 bridgehead atoms. The van der Waals surface area contributed by atoms with Gasteiger partial charge in [0.2, 0.25) is 0 Å². The third kappa shape index (κ3) is 4.62. The maximum absolute atomic E-state index is 12.2. The summed E-state index contributed by atoms with van der Waals surface area (Å²) in [4.78, 5) is 23.8. The van der Waals surface area contributed by atoms with Gasteiger partial charge in [-0.1, -0.05) is 0 Å². The minimum atomic E-state index is -0.314. The van der Waals surface area contributed by atoms with Crippen LogP contribution in [0.25, 0.3) is 0 Å². The van der Waals surface area contributed by atoms with Gasteiger partial charge in [-0.05, 0) is 0 Å². The molecule has 0 saturated carbocycles. The van der Waals surface area contributed by atoms with Crippen molar-refractivity contribution in [2.24, 2.45) is 0 Å². The van der Waals surface area contributed by atoms with Crippen LogP contribution < -0.4 is 4.46 Å². The summed E-state index contributed by atoms with van der Waals surface area (Å²) in [7, 11) is 0. The van der Waals surface area contributed by atoms with Crippen LogP contribution in [-0.4, -0.2) is 32.8 Å². The van der Waals surface area contributed by atoms with Crippen LogP contribution in [0, 0.1) is 0 Å². The first-order valence-corrected chi connectivity index (χ1v) is 8.58.